The number of likely N-dealkylation sites (tertiary alicyclic amines) is 1. The number of H-pyrrole nitrogens is 1. The number of rotatable bonds is 2. The Morgan fingerprint density at radius 2 is 1.92 bits per heavy atom. The molecule has 1 amide bonds. The first-order chi connectivity index (χ1) is 11.3. The van der Waals surface area contributed by atoms with E-state index in [0.717, 1.165) is 31.9 Å². The van der Waals surface area contributed by atoms with Gasteiger partial charge in [0.1, 0.15) is 5.69 Å². The largest absolute Gasteiger partial charge is 0.390 e. The van der Waals surface area contributed by atoms with Crippen LogP contribution in [0.3, 0.4) is 0 Å². The van der Waals surface area contributed by atoms with E-state index in [0.29, 0.717) is 18.8 Å². The minimum atomic E-state index is -0.488. The molecule has 2 N–H and O–H groups in total. The molecule has 0 unspecified atom stereocenters. The van der Waals surface area contributed by atoms with E-state index in [4.69, 9.17) is 0 Å². The summed E-state index contributed by atoms with van der Waals surface area (Å²) < 4.78 is 0. The maximum atomic E-state index is 12.7. The number of nitrogens with zero attached hydrogens (tertiary/aromatic N) is 4. The topological polar surface area (TPSA) is 75.7 Å². The van der Waals surface area contributed by atoms with Crippen molar-refractivity contribution in [2.24, 2.45) is 0 Å². The number of carbonyl (C=O) groups is 1. The average molecular weight is 335 g/mol. The van der Waals surface area contributed by atoms with E-state index >= 15 is 0 Å². The first-order valence-corrected chi connectivity index (χ1v) is 8.71. The number of carbonyl (C=O) groups excluding carboxylic acids is 1. The predicted molar refractivity (Wildman–Crippen MR) is 92.1 cm³/mol. The smallest absolute Gasteiger partial charge is 0.274 e. The van der Waals surface area contributed by atoms with Crippen LogP contribution >= 0.6 is 0 Å². The van der Waals surface area contributed by atoms with Crippen molar-refractivity contribution in [3.8, 4) is 0 Å². The highest BCUT2D eigenvalue weighted by Crippen LogP contribution is 2.23. The molecule has 0 bridgehead atoms. The molecular weight excluding hydrogens is 306 g/mol. The summed E-state index contributed by atoms with van der Waals surface area (Å²) in [6.45, 7) is 11.1. The number of hydrogen-bond acceptors (Lipinski definition) is 5. The number of likely N-dealkylation sites (N-methyl/N-ethyl adjacent to an activating group) is 1. The first-order valence-electron chi connectivity index (χ1n) is 8.71. The Hall–Kier alpha value is -1.44. The van der Waals surface area contributed by atoms with Crippen LogP contribution in [0.15, 0.2) is 6.07 Å². The summed E-state index contributed by atoms with van der Waals surface area (Å²) in [6, 6.07) is 1.86. The van der Waals surface area contributed by atoms with Crippen molar-refractivity contribution in [3.05, 3.63) is 17.5 Å². The lowest BCUT2D eigenvalue weighted by Crippen LogP contribution is -2.52. The predicted octanol–water partition coefficient (Wildman–Crippen LogP) is 0.140. The van der Waals surface area contributed by atoms with Crippen molar-refractivity contribution in [2.45, 2.75) is 38.3 Å². The number of aromatic amines is 1. The summed E-state index contributed by atoms with van der Waals surface area (Å²) in [4.78, 5) is 19.0. The van der Waals surface area contributed by atoms with Crippen LogP contribution in [0, 0.1) is 0 Å². The molecular formula is C17H29N5O2. The second-order valence-corrected chi connectivity index (χ2v) is 8.10. The van der Waals surface area contributed by atoms with Crippen molar-refractivity contribution in [1.29, 1.82) is 0 Å². The van der Waals surface area contributed by atoms with Gasteiger partial charge in [0.15, 0.2) is 0 Å². The molecule has 3 heterocycles. The SMILES string of the molecule is CN1CCN([C@@H]2CN(C(=O)c3cc(C(C)(C)C)[nH]n3)C[C@H]2O)CC1. The molecule has 134 valence electrons. The second-order valence-electron chi connectivity index (χ2n) is 8.10. The Morgan fingerprint density at radius 3 is 2.50 bits per heavy atom. The van der Waals surface area contributed by atoms with Crippen molar-refractivity contribution < 1.29 is 9.90 Å². The van der Waals surface area contributed by atoms with Gasteiger partial charge in [-0.3, -0.25) is 14.8 Å². The van der Waals surface area contributed by atoms with E-state index in [2.05, 4.69) is 47.8 Å². The normalized spacial score (nSPS) is 27.0. The van der Waals surface area contributed by atoms with Crippen molar-refractivity contribution in [2.75, 3.05) is 46.3 Å². The number of amides is 1. The van der Waals surface area contributed by atoms with Crippen LogP contribution in [-0.4, -0.2) is 94.4 Å². The fourth-order valence-electron chi connectivity index (χ4n) is 3.43. The lowest BCUT2D eigenvalue weighted by molar-refractivity contribution is 0.0512. The van der Waals surface area contributed by atoms with Gasteiger partial charge in [-0.1, -0.05) is 20.8 Å². The van der Waals surface area contributed by atoms with Gasteiger partial charge in [-0.25, -0.2) is 0 Å². The Balaban J connectivity index is 1.65. The average Bonchev–Trinajstić information content (AvgIpc) is 3.14. The highest BCUT2D eigenvalue weighted by Gasteiger charge is 2.39. The molecule has 24 heavy (non-hydrogen) atoms. The van der Waals surface area contributed by atoms with Gasteiger partial charge >= 0.3 is 0 Å². The third-order valence-corrected chi connectivity index (χ3v) is 5.16. The number of nitrogens with one attached hydrogen (secondary N) is 1. The molecule has 7 nitrogen and oxygen atoms in total. The van der Waals surface area contributed by atoms with Gasteiger partial charge in [0.2, 0.25) is 0 Å². The maximum absolute atomic E-state index is 12.7. The van der Waals surface area contributed by atoms with Crippen LogP contribution in [0.4, 0.5) is 0 Å². The van der Waals surface area contributed by atoms with Gasteiger partial charge in [-0.2, -0.15) is 5.10 Å². The summed E-state index contributed by atoms with van der Waals surface area (Å²) in [5, 5.41) is 17.6. The number of β-amino-alcohol motifs (C(OH)–C–C–N with tert-alkyl or cyclic N) is 1. The Bertz CT molecular complexity index is 586. The highest BCUT2D eigenvalue weighted by atomic mass is 16.3. The molecule has 0 spiro atoms. The molecule has 1 aromatic heterocycles. The molecule has 7 heteroatoms. The standard InChI is InChI=1S/C17H29N5O2/c1-17(2,3)15-9-12(18-19-15)16(24)22-10-13(14(23)11-22)21-7-5-20(4)6-8-21/h9,13-14,23H,5-8,10-11H2,1-4H3,(H,18,19)/t13-,14-/m1/s1. The summed E-state index contributed by atoms with van der Waals surface area (Å²) in [5.41, 5.74) is 1.31. The van der Waals surface area contributed by atoms with E-state index in [9.17, 15) is 9.90 Å². The molecule has 2 aliphatic rings. The number of aliphatic hydroxyl groups excluding tert-OH is 1. The minimum absolute atomic E-state index is 0.0312. The molecule has 1 aromatic rings. The molecule has 0 aliphatic carbocycles. The third-order valence-electron chi connectivity index (χ3n) is 5.16. The van der Waals surface area contributed by atoms with E-state index in [1.54, 1.807) is 4.90 Å². The van der Waals surface area contributed by atoms with Crippen molar-refractivity contribution >= 4 is 5.91 Å². The Labute approximate surface area is 143 Å². The summed E-state index contributed by atoms with van der Waals surface area (Å²) >= 11 is 0. The van der Waals surface area contributed by atoms with Gasteiger partial charge < -0.3 is 14.9 Å². The summed E-state index contributed by atoms with van der Waals surface area (Å²) in [7, 11) is 2.11. The van der Waals surface area contributed by atoms with E-state index in [1.807, 2.05) is 6.07 Å². The Kier molecular flexibility index (Phi) is 4.68. The zero-order chi connectivity index (χ0) is 17.5. The van der Waals surface area contributed by atoms with E-state index in [1.165, 1.54) is 0 Å². The molecule has 2 aliphatic heterocycles. The lowest BCUT2D eigenvalue weighted by atomic mass is 9.92. The lowest BCUT2D eigenvalue weighted by Gasteiger charge is -2.37. The first kappa shape index (κ1) is 17.4. The van der Waals surface area contributed by atoms with Gasteiger partial charge in [0.25, 0.3) is 5.91 Å². The van der Waals surface area contributed by atoms with Crippen molar-refractivity contribution in [1.82, 2.24) is 24.9 Å². The zero-order valence-corrected chi connectivity index (χ0v) is 15.1. The highest BCUT2D eigenvalue weighted by molar-refractivity contribution is 5.92. The Morgan fingerprint density at radius 1 is 1.25 bits per heavy atom. The van der Waals surface area contributed by atoms with Crippen LogP contribution in [0.2, 0.25) is 0 Å². The molecule has 3 rings (SSSR count). The number of aliphatic hydroxyl groups is 1. The summed E-state index contributed by atoms with van der Waals surface area (Å²) in [6.07, 6.45) is -0.488. The quantitative estimate of drug-likeness (QED) is 0.804. The molecule has 0 aromatic carbocycles. The van der Waals surface area contributed by atoms with E-state index < -0.39 is 6.10 Å². The monoisotopic (exact) mass is 335 g/mol. The molecule has 0 radical (unpaired) electrons. The van der Waals surface area contributed by atoms with Crippen molar-refractivity contribution in [3.63, 3.8) is 0 Å². The van der Waals surface area contributed by atoms with Gasteiger partial charge in [-0.05, 0) is 13.1 Å². The zero-order valence-electron chi connectivity index (χ0n) is 15.1. The van der Waals surface area contributed by atoms with Gasteiger partial charge in [-0.15, -0.1) is 0 Å². The van der Waals surface area contributed by atoms with Gasteiger partial charge in [0, 0.05) is 50.4 Å². The van der Waals surface area contributed by atoms with Crippen LogP contribution in [0.25, 0.3) is 0 Å². The third kappa shape index (κ3) is 3.48. The number of hydrogen-bond donors (Lipinski definition) is 2. The molecule has 2 fully saturated rings. The fourth-order valence-corrected chi connectivity index (χ4v) is 3.43. The van der Waals surface area contributed by atoms with Crippen LogP contribution in [0.5, 0.6) is 0 Å². The van der Waals surface area contributed by atoms with Crippen LogP contribution in [-0.2, 0) is 5.41 Å². The summed E-state index contributed by atoms with van der Waals surface area (Å²) in [5.74, 6) is -0.0996. The fraction of sp³-hybridized carbons (Fsp3) is 0.765. The maximum Gasteiger partial charge on any atom is 0.274 e. The van der Waals surface area contributed by atoms with Crippen LogP contribution < -0.4 is 0 Å². The molecule has 2 atom stereocenters. The number of piperazine rings is 1. The molecule has 2 saturated heterocycles. The minimum Gasteiger partial charge on any atom is -0.390 e. The van der Waals surface area contributed by atoms with E-state index in [-0.39, 0.29) is 17.4 Å². The van der Waals surface area contributed by atoms with Crippen LogP contribution in [0.1, 0.15) is 37.0 Å². The second kappa shape index (κ2) is 6.46. The van der Waals surface area contributed by atoms with Gasteiger partial charge in [0.05, 0.1) is 12.1 Å². The number of aromatic nitrogens is 2. The molecule has 0 saturated carbocycles.